The first-order chi connectivity index (χ1) is 16.4. The highest BCUT2D eigenvalue weighted by Crippen LogP contribution is 2.49. The van der Waals surface area contributed by atoms with E-state index in [1.807, 2.05) is 0 Å². The number of pyridine rings is 1. The van der Waals surface area contributed by atoms with Gasteiger partial charge < -0.3 is 19.9 Å². The largest absolute Gasteiger partial charge is 0.496 e. The van der Waals surface area contributed by atoms with E-state index >= 15 is 0 Å². The number of anilines is 1. The number of amides is 2. The van der Waals surface area contributed by atoms with Gasteiger partial charge in [0.2, 0.25) is 0 Å². The van der Waals surface area contributed by atoms with Gasteiger partial charge in [0.1, 0.15) is 17.1 Å². The number of aromatic nitrogens is 2. The van der Waals surface area contributed by atoms with Gasteiger partial charge in [-0.3, -0.25) is 14.7 Å². The maximum Gasteiger partial charge on any atom is 0.434 e. The van der Waals surface area contributed by atoms with E-state index in [2.05, 4.69) is 15.0 Å². The number of hydrogen-bond donors (Lipinski definition) is 2. The Labute approximate surface area is 198 Å². The third-order valence-electron chi connectivity index (χ3n) is 5.98. The highest BCUT2D eigenvalue weighted by atomic mass is 19.4. The van der Waals surface area contributed by atoms with Gasteiger partial charge >= 0.3 is 12.3 Å². The normalized spacial score (nSPS) is 15.0. The minimum atomic E-state index is -4.94. The molecule has 0 spiro atoms. The van der Waals surface area contributed by atoms with Gasteiger partial charge in [-0.15, -0.1) is 0 Å². The zero-order valence-corrected chi connectivity index (χ0v) is 19.6. The fourth-order valence-electron chi connectivity index (χ4n) is 4.45. The number of aryl methyl sites for hydroxylation is 1. The third-order valence-corrected chi connectivity index (χ3v) is 5.98. The molecule has 0 saturated carbocycles. The summed E-state index contributed by atoms with van der Waals surface area (Å²) >= 11 is 0. The molecule has 1 aliphatic heterocycles. The Morgan fingerprint density at radius 1 is 1.26 bits per heavy atom. The summed E-state index contributed by atoms with van der Waals surface area (Å²) in [5.74, 6) is -1.43. The summed E-state index contributed by atoms with van der Waals surface area (Å²) in [5.41, 5.74) is 5.25. The molecule has 0 bridgehead atoms. The number of benzene rings is 1. The lowest BCUT2D eigenvalue weighted by Gasteiger charge is -2.19. The lowest BCUT2D eigenvalue weighted by atomic mass is 10.0. The summed E-state index contributed by atoms with van der Waals surface area (Å²) in [6.45, 7) is 5.21. The Bertz CT molecular complexity index is 1380. The summed E-state index contributed by atoms with van der Waals surface area (Å²) in [7, 11) is 2.53. The number of nitrogens with zero attached hydrogens (tertiary/aromatic N) is 2. The Morgan fingerprint density at radius 2 is 1.94 bits per heavy atom. The minimum Gasteiger partial charge on any atom is -0.496 e. The molecular formula is C23H23F3N4O5. The average Bonchev–Trinajstić information content (AvgIpc) is 3.31. The lowest BCUT2D eigenvalue weighted by Crippen LogP contribution is -2.20. The number of rotatable bonds is 4. The second-order valence-corrected chi connectivity index (χ2v) is 8.21. The number of alkyl halides is 3. The van der Waals surface area contributed by atoms with Gasteiger partial charge in [-0.05, 0) is 25.5 Å². The molecule has 0 saturated heterocycles. The summed E-state index contributed by atoms with van der Waals surface area (Å²) in [6.07, 6.45) is -5.95. The van der Waals surface area contributed by atoms with Crippen LogP contribution < -0.4 is 20.5 Å². The van der Waals surface area contributed by atoms with Crippen LogP contribution in [0.5, 0.6) is 11.5 Å². The third kappa shape index (κ3) is 3.69. The highest BCUT2D eigenvalue weighted by molar-refractivity contribution is 6.16. The van der Waals surface area contributed by atoms with Crippen molar-refractivity contribution in [1.29, 1.82) is 0 Å². The van der Waals surface area contributed by atoms with Crippen LogP contribution in [0.25, 0.3) is 16.6 Å². The molecule has 0 aliphatic carbocycles. The topological polar surface area (TPSA) is 118 Å². The summed E-state index contributed by atoms with van der Waals surface area (Å²) < 4.78 is 60.1. The van der Waals surface area contributed by atoms with Crippen LogP contribution in [0.3, 0.4) is 0 Å². The minimum absolute atomic E-state index is 0.0718. The number of ether oxygens (including phenoxy) is 3. The van der Waals surface area contributed by atoms with Gasteiger partial charge in [0.05, 0.1) is 37.8 Å². The zero-order chi connectivity index (χ0) is 25.8. The molecule has 1 aliphatic rings. The van der Waals surface area contributed by atoms with Crippen LogP contribution in [-0.4, -0.2) is 42.4 Å². The zero-order valence-electron chi connectivity index (χ0n) is 19.6. The van der Waals surface area contributed by atoms with Crippen LogP contribution in [0.1, 0.15) is 45.7 Å². The first-order valence-electron chi connectivity index (χ1n) is 10.5. The highest BCUT2D eigenvalue weighted by Gasteiger charge is 2.43. The molecule has 3 heterocycles. The van der Waals surface area contributed by atoms with Crippen molar-refractivity contribution in [1.82, 2.24) is 9.55 Å². The molecule has 9 nitrogen and oxygen atoms in total. The van der Waals surface area contributed by atoms with Crippen LogP contribution >= 0.6 is 0 Å². The van der Waals surface area contributed by atoms with E-state index in [9.17, 15) is 22.8 Å². The molecule has 1 atom stereocenters. The summed E-state index contributed by atoms with van der Waals surface area (Å²) in [6, 6.07) is 3.41. The standard InChI is InChI=1S/C23H23F3N4O5/c1-9-6-7-12(33-4)11(3)16(9)30-17-13(14(20(27)31)21(30)29-22(32)34-5)19(23(24,25)26)28-15-10(2)8-35-18(15)17/h6-7,10H,8H2,1-5H3,(H2,27,31)(H,29,32). The van der Waals surface area contributed by atoms with Gasteiger partial charge in [-0.1, -0.05) is 13.0 Å². The van der Waals surface area contributed by atoms with Crippen molar-refractivity contribution in [2.75, 3.05) is 26.1 Å². The van der Waals surface area contributed by atoms with E-state index in [0.717, 1.165) is 7.11 Å². The predicted molar refractivity (Wildman–Crippen MR) is 121 cm³/mol. The van der Waals surface area contributed by atoms with E-state index in [1.165, 1.54) is 11.7 Å². The van der Waals surface area contributed by atoms with Gasteiger partial charge in [0.25, 0.3) is 5.91 Å². The van der Waals surface area contributed by atoms with Crippen LogP contribution in [-0.2, 0) is 10.9 Å². The second-order valence-electron chi connectivity index (χ2n) is 8.21. The number of halogens is 3. The Kier molecular flexibility index (Phi) is 5.78. The molecule has 3 N–H and O–H groups in total. The van der Waals surface area contributed by atoms with Crippen molar-refractivity contribution < 1.29 is 37.0 Å². The predicted octanol–water partition coefficient (Wildman–Crippen LogP) is 4.44. The Balaban J connectivity index is 2.33. The quantitative estimate of drug-likeness (QED) is 0.556. The van der Waals surface area contributed by atoms with Crippen molar-refractivity contribution in [2.24, 2.45) is 5.73 Å². The van der Waals surface area contributed by atoms with Crippen LogP contribution in [0, 0.1) is 13.8 Å². The van der Waals surface area contributed by atoms with Gasteiger partial charge in [0.15, 0.2) is 11.4 Å². The number of nitrogens with one attached hydrogen (secondary N) is 1. The SMILES string of the molecule is COC(=O)Nc1c(C(N)=O)c2c(C(F)(F)F)nc3c(c2n1-c1c(C)ccc(OC)c1C)OCC3C. The van der Waals surface area contributed by atoms with E-state index in [4.69, 9.17) is 15.2 Å². The number of primary amides is 1. The molecule has 1 unspecified atom stereocenters. The summed E-state index contributed by atoms with van der Waals surface area (Å²) in [5, 5.41) is 1.80. The van der Waals surface area contributed by atoms with E-state index < -0.39 is 40.7 Å². The van der Waals surface area contributed by atoms with E-state index in [-0.39, 0.29) is 29.4 Å². The van der Waals surface area contributed by atoms with Crippen molar-refractivity contribution in [3.8, 4) is 17.2 Å². The van der Waals surface area contributed by atoms with Gasteiger partial charge in [-0.2, -0.15) is 13.2 Å². The fraction of sp³-hybridized carbons (Fsp3) is 0.348. The van der Waals surface area contributed by atoms with Gasteiger partial charge in [0, 0.05) is 16.9 Å². The van der Waals surface area contributed by atoms with Crippen molar-refractivity contribution in [2.45, 2.75) is 32.9 Å². The van der Waals surface area contributed by atoms with Crippen molar-refractivity contribution in [3.05, 3.63) is 40.2 Å². The number of carbonyl (C=O) groups excluding carboxylic acids is 2. The molecule has 0 radical (unpaired) electrons. The smallest absolute Gasteiger partial charge is 0.434 e. The second kappa shape index (κ2) is 8.36. The van der Waals surface area contributed by atoms with E-state index in [0.29, 0.717) is 22.6 Å². The molecule has 0 fully saturated rings. The molecule has 35 heavy (non-hydrogen) atoms. The molecular weight excluding hydrogens is 469 g/mol. The number of fused-ring (bicyclic) bond motifs is 3. The maximum atomic E-state index is 14.3. The summed E-state index contributed by atoms with van der Waals surface area (Å²) in [4.78, 5) is 28.8. The van der Waals surface area contributed by atoms with Crippen molar-refractivity contribution >= 4 is 28.7 Å². The number of hydrogen-bond acceptors (Lipinski definition) is 6. The monoisotopic (exact) mass is 492 g/mol. The molecule has 4 rings (SSSR count). The lowest BCUT2D eigenvalue weighted by molar-refractivity contribution is -0.139. The van der Waals surface area contributed by atoms with Gasteiger partial charge in [-0.25, -0.2) is 9.78 Å². The Hall–Kier alpha value is -3.96. The molecule has 3 aromatic rings. The fourth-order valence-corrected chi connectivity index (χ4v) is 4.45. The van der Waals surface area contributed by atoms with Crippen molar-refractivity contribution in [3.63, 3.8) is 0 Å². The number of methoxy groups -OCH3 is 2. The first kappa shape index (κ1) is 24.2. The average molecular weight is 492 g/mol. The molecule has 2 amide bonds. The Morgan fingerprint density at radius 3 is 2.51 bits per heavy atom. The molecule has 1 aromatic carbocycles. The first-order valence-corrected chi connectivity index (χ1v) is 10.5. The molecule has 186 valence electrons. The molecule has 2 aromatic heterocycles. The van der Waals surface area contributed by atoms with Crippen LogP contribution in [0.2, 0.25) is 0 Å². The van der Waals surface area contributed by atoms with Crippen LogP contribution in [0.4, 0.5) is 23.8 Å². The number of carbonyl (C=O) groups is 2. The number of nitrogens with two attached hydrogens (primary N) is 1. The molecule has 12 heteroatoms. The maximum absolute atomic E-state index is 14.3. The van der Waals surface area contributed by atoms with Crippen LogP contribution in [0.15, 0.2) is 12.1 Å². The van der Waals surface area contributed by atoms with E-state index in [1.54, 1.807) is 32.9 Å².